The highest BCUT2D eigenvalue weighted by Crippen LogP contribution is 2.28. The number of imidazole rings is 1. The molecule has 8 heteroatoms. The lowest BCUT2D eigenvalue weighted by Gasteiger charge is -2.28. The van der Waals surface area contributed by atoms with Crippen molar-refractivity contribution in [1.29, 1.82) is 0 Å². The highest BCUT2D eigenvalue weighted by Gasteiger charge is 2.21. The molecule has 3 aromatic heterocycles. The first-order chi connectivity index (χ1) is 15.1. The molecule has 2 aliphatic rings. The molecule has 1 saturated heterocycles. The molecule has 8 nitrogen and oxygen atoms in total. The molecular formula is C23H30N8. The number of piperidine rings is 1. The number of fused-ring (bicyclic) bond motifs is 2. The first kappa shape index (κ1) is 20.1. The number of nitrogens with zero attached hydrogens (tertiary/aromatic N) is 6. The van der Waals surface area contributed by atoms with Crippen molar-refractivity contribution in [2.45, 2.75) is 39.3 Å². The van der Waals surface area contributed by atoms with Gasteiger partial charge in [0, 0.05) is 36.5 Å². The molecule has 0 spiro atoms. The quantitative estimate of drug-likeness (QED) is 0.674. The van der Waals surface area contributed by atoms with Gasteiger partial charge in [-0.2, -0.15) is 5.10 Å². The fraction of sp³-hybridized carbons (Fsp3) is 0.478. The van der Waals surface area contributed by atoms with Crippen LogP contribution in [0.2, 0.25) is 0 Å². The molecular weight excluding hydrogens is 388 g/mol. The summed E-state index contributed by atoms with van der Waals surface area (Å²) in [7, 11) is 2.19. The Morgan fingerprint density at radius 3 is 2.84 bits per heavy atom. The zero-order valence-electron chi connectivity index (χ0n) is 18.5. The normalized spacial score (nSPS) is 20.4. The second kappa shape index (κ2) is 8.36. The lowest BCUT2D eigenvalue weighted by atomic mass is 9.97. The summed E-state index contributed by atoms with van der Waals surface area (Å²) >= 11 is 0. The Morgan fingerprint density at radius 2 is 2.00 bits per heavy atom. The number of hydrogen-bond donors (Lipinski definition) is 2. The Kier molecular flexibility index (Phi) is 5.41. The largest absolute Gasteiger partial charge is 0.354 e. The molecule has 1 fully saturated rings. The summed E-state index contributed by atoms with van der Waals surface area (Å²) in [6, 6.07) is 4.25. The first-order valence-electron chi connectivity index (χ1n) is 11.1. The number of aryl methyl sites for hydroxylation is 1. The minimum atomic E-state index is 0.209. The molecule has 5 rings (SSSR count). The summed E-state index contributed by atoms with van der Waals surface area (Å²) < 4.78 is 1.89. The van der Waals surface area contributed by atoms with Crippen LogP contribution in [-0.4, -0.2) is 62.2 Å². The smallest absolute Gasteiger partial charge is 0.222 e. The highest BCUT2D eigenvalue weighted by atomic mass is 15.3. The topological polar surface area (TPSA) is 83.3 Å². The average Bonchev–Trinajstić information content (AvgIpc) is 3.07. The molecule has 0 aliphatic carbocycles. The van der Waals surface area contributed by atoms with Crippen molar-refractivity contribution in [3.63, 3.8) is 0 Å². The van der Waals surface area contributed by atoms with Crippen LogP contribution in [0, 0.1) is 12.8 Å². The third kappa shape index (κ3) is 4.18. The zero-order chi connectivity index (χ0) is 21.4. The van der Waals surface area contributed by atoms with Crippen molar-refractivity contribution in [2.24, 2.45) is 5.92 Å². The van der Waals surface area contributed by atoms with Crippen LogP contribution in [0.15, 0.2) is 30.6 Å². The van der Waals surface area contributed by atoms with Gasteiger partial charge >= 0.3 is 0 Å². The summed E-state index contributed by atoms with van der Waals surface area (Å²) in [5.74, 6) is 1.39. The average molecular weight is 419 g/mol. The Hall–Kier alpha value is -2.84. The second-order valence-electron chi connectivity index (χ2n) is 8.82. The van der Waals surface area contributed by atoms with Gasteiger partial charge in [-0.15, -0.1) is 0 Å². The maximum Gasteiger partial charge on any atom is 0.222 e. The van der Waals surface area contributed by atoms with Crippen LogP contribution in [0.4, 0.5) is 5.95 Å². The van der Waals surface area contributed by atoms with Crippen LogP contribution in [0.1, 0.15) is 42.4 Å². The third-order valence-corrected chi connectivity index (χ3v) is 6.36. The predicted molar refractivity (Wildman–Crippen MR) is 122 cm³/mol. The molecule has 31 heavy (non-hydrogen) atoms. The Bertz CT molecular complexity index is 1110. The zero-order valence-corrected chi connectivity index (χ0v) is 18.5. The van der Waals surface area contributed by atoms with Crippen LogP contribution in [-0.2, 0) is 6.54 Å². The van der Waals surface area contributed by atoms with Crippen molar-refractivity contribution in [1.82, 2.24) is 34.8 Å². The monoisotopic (exact) mass is 418 g/mol. The lowest BCUT2D eigenvalue weighted by molar-refractivity contribution is 0.226. The molecule has 1 atom stereocenters. The SMILES string of the molecule is Cc1cnc2ccc(C3=C[C@@H](C)NCc4nc(NCC5CCN(C)CC5)ncc43)nn12. The van der Waals surface area contributed by atoms with E-state index >= 15 is 0 Å². The Balaban J connectivity index is 1.41. The summed E-state index contributed by atoms with van der Waals surface area (Å²) in [6.45, 7) is 8.13. The molecule has 0 saturated carbocycles. The van der Waals surface area contributed by atoms with E-state index in [1.54, 1.807) is 0 Å². The van der Waals surface area contributed by atoms with Crippen molar-refractivity contribution in [3.05, 3.63) is 53.2 Å². The number of aromatic nitrogens is 5. The van der Waals surface area contributed by atoms with Gasteiger partial charge in [0.1, 0.15) is 0 Å². The maximum atomic E-state index is 4.87. The van der Waals surface area contributed by atoms with E-state index in [-0.39, 0.29) is 6.04 Å². The fourth-order valence-corrected chi connectivity index (χ4v) is 4.38. The molecule has 0 aromatic carbocycles. The van der Waals surface area contributed by atoms with E-state index in [4.69, 9.17) is 10.1 Å². The van der Waals surface area contributed by atoms with Gasteiger partial charge in [0.05, 0.1) is 23.3 Å². The van der Waals surface area contributed by atoms with Gasteiger partial charge in [-0.05, 0) is 64.9 Å². The van der Waals surface area contributed by atoms with Crippen LogP contribution in [0.3, 0.4) is 0 Å². The van der Waals surface area contributed by atoms with E-state index in [1.807, 2.05) is 36.0 Å². The van der Waals surface area contributed by atoms with E-state index in [1.165, 1.54) is 25.9 Å². The first-order valence-corrected chi connectivity index (χ1v) is 11.1. The number of likely N-dealkylation sites (tertiary alicyclic amines) is 1. The minimum absolute atomic E-state index is 0.209. The summed E-state index contributed by atoms with van der Waals surface area (Å²) in [5, 5.41) is 11.9. The van der Waals surface area contributed by atoms with Crippen molar-refractivity contribution in [2.75, 3.05) is 32.0 Å². The number of nitrogens with one attached hydrogen (secondary N) is 2. The Morgan fingerprint density at radius 1 is 1.16 bits per heavy atom. The number of hydrogen-bond acceptors (Lipinski definition) is 7. The van der Waals surface area contributed by atoms with E-state index < -0.39 is 0 Å². The van der Waals surface area contributed by atoms with Crippen LogP contribution in [0.5, 0.6) is 0 Å². The molecule has 3 aromatic rings. The van der Waals surface area contributed by atoms with Crippen LogP contribution in [0.25, 0.3) is 11.2 Å². The summed E-state index contributed by atoms with van der Waals surface area (Å²) in [4.78, 5) is 16.3. The van der Waals surface area contributed by atoms with Crippen molar-refractivity contribution < 1.29 is 0 Å². The highest BCUT2D eigenvalue weighted by molar-refractivity contribution is 5.80. The second-order valence-corrected chi connectivity index (χ2v) is 8.82. The van der Waals surface area contributed by atoms with E-state index in [0.29, 0.717) is 18.4 Å². The van der Waals surface area contributed by atoms with E-state index in [9.17, 15) is 0 Å². The number of anilines is 1. The lowest BCUT2D eigenvalue weighted by Crippen LogP contribution is -2.33. The van der Waals surface area contributed by atoms with E-state index in [0.717, 1.165) is 40.4 Å². The molecule has 0 unspecified atom stereocenters. The molecule has 0 amide bonds. The van der Waals surface area contributed by atoms with Gasteiger partial charge in [0.25, 0.3) is 0 Å². The van der Waals surface area contributed by atoms with Gasteiger partial charge in [-0.25, -0.2) is 19.5 Å². The third-order valence-electron chi connectivity index (χ3n) is 6.36. The summed E-state index contributed by atoms with van der Waals surface area (Å²) in [5.41, 5.74) is 5.87. The summed E-state index contributed by atoms with van der Waals surface area (Å²) in [6.07, 6.45) is 8.44. The van der Waals surface area contributed by atoms with Gasteiger partial charge in [-0.3, -0.25) is 0 Å². The molecule has 162 valence electrons. The van der Waals surface area contributed by atoms with Gasteiger partial charge in [0.15, 0.2) is 5.65 Å². The van der Waals surface area contributed by atoms with E-state index in [2.05, 4.69) is 45.5 Å². The van der Waals surface area contributed by atoms with Gasteiger partial charge in [-0.1, -0.05) is 6.08 Å². The van der Waals surface area contributed by atoms with Crippen molar-refractivity contribution >= 4 is 17.2 Å². The number of rotatable bonds is 4. The van der Waals surface area contributed by atoms with Gasteiger partial charge in [0.2, 0.25) is 5.95 Å². The predicted octanol–water partition coefficient (Wildman–Crippen LogP) is 2.50. The minimum Gasteiger partial charge on any atom is -0.354 e. The molecule has 5 heterocycles. The fourth-order valence-electron chi connectivity index (χ4n) is 4.38. The molecule has 2 N–H and O–H groups in total. The molecule has 0 radical (unpaired) electrons. The molecule has 2 aliphatic heterocycles. The van der Waals surface area contributed by atoms with Crippen molar-refractivity contribution in [3.8, 4) is 0 Å². The van der Waals surface area contributed by atoms with Gasteiger partial charge < -0.3 is 15.5 Å². The molecule has 0 bridgehead atoms. The van der Waals surface area contributed by atoms with Crippen LogP contribution < -0.4 is 10.6 Å². The Labute approximate surface area is 182 Å². The van der Waals surface area contributed by atoms with Crippen LogP contribution >= 0.6 is 0 Å². The standard InChI is InChI=1S/C23H30N8/c1-15-10-18(20-4-5-22-25-11-16(2)31(22)29-20)19-13-27-23(28-21(19)14-24-15)26-12-17-6-8-30(3)9-7-17/h4-5,10-11,13,15,17,24H,6-9,12,14H2,1-3H3,(H,26,27,28)/t15-/m1/s1. The maximum absolute atomic E-state index is 4.87.